The van der Waals surface area contributed by atoms with Crippen LogP contribution in [0.5, 0.6) is 5.75 Å². The lowest BCUT2D eigenvalue weighted by Crippen LogP contribution is -2.28. The van der Waals surface area contributed by atoms with Crippen LogP contribution in [0.3, 0.4) is 0 Å². The predicted molar refractivity (Wildman–Crippen MR) is 88.0 cm³/mol. The Morgan fingerprint density at radius 1 is 1.32 bits per heavy atom. The highest BCUT2D eigenvalue weighted by molar-refractivity contribution is 9.10. The average molecular weight is 388 g/mol. The molecule has 0 saturated carbocycles. The van der Waals surface area contributed by atoms with Gasteiger partial charge in [-0.25, -0.2) is 9.18 Å². The Morgan fingerprint density at radius 3 is 2.82 bits per heavy atom. The van der Waals surface area contributed by atoms with E-state index in [9.17, 15) is 9.18 Å². The second-order valence-corrected chi connectivity index (χ2v) is 5.74. The fourth-order valence-electron chi connectivity index (χ4n) is 1.80. The molecule has 0 radical (unpaired) electrons. The van der Waals surface area contributed by atoms with Gasteiger partial charge >= 0.3 is 6.03 Å². The molecule has 2 amide bonds. The van der Waals surface area contributed by atoms with Crippen LogP contribution in [0.15, 0.2) is 40.9 Å². The van der Waals surface area contributed by atoms with Gasteiger partial charge < -0.3 is 15.4 Å². The van der Waals surface area contributed by atoms with Crippen LogP contribution in [0.1, 0.15) is 5.56 Å². The molecule has 0 unspecified atom stereocenters. The number of halogens is 3. The van der Waals surface area contributed by atoms with E-state index < -0.39 is 6.03 Å². The first-order chi connectivity index (χ1) is 10.5. The summed E-state index contributed by atoms with van der Waals surface area (Å²) >= 11 is 9.14. The summed E-state index contributed by atoms with van der Waals surface area (Å²) in [6.07, 6.45) is 0. The van der Waals surface area contributed by atoms with E-state index in [0.717, 1.165) is 4.47 Å². The number of ether oxygens (including phenoxy) is 1. The molecule has 0 bridgehead atoms. The zero-order valence-electron chi connectivity index (χ0n) is 11.6. The first-order valence-electron chi connectivity index (χ1n) is 6.32. The first kappa shape index (κ1) is 16.6. The highest BCUT2D eigenvalue weighted by Crippen LogP contribution is 2.27. The maximum Gasteiger partial charge on any atom is 0.319 e. The minimum absolute atomic E-state index is 0.0555. The first-order valence-corrected chi connectivity index (χ1v) is 7.49. The number of rotatable bonds is 4. The average Bonchev–Trinajstić information content (AvgIpc) is 2.48. The van der Waals surface area contributed by atoms with Gasteiger partial charge in [0.1, 0.15) is 11.6 Å². The van der Waals surface area contributed by atoms with Gasteiger partial charge in [-0.15, -0.1) is 0 Å². The molecule has 0 saturated heterocycles. The zero-order valence-corrected chi connectivity index (χ0v) is 14.0. The number of benzene rings is 2. The normalized spacial score (nSPS) is 10.2. The molecule has 7 heteroatoms. The number of amides is 2. The summed E-state index contributed by atoms with van der Waals surface area (Å²) < 4.78 is 19.5. The van der Waals surface area contributed by atoms with Crippen molar-refractivity contribution in [2.75, 3.05) is 12.4 Å². The molecule has 0 fully saturated rings. The van der Waals surface area contributed by atoms with E-state index in [-0.39, 0.29) is 12.4 Å². The van der Waals surface area contributed by atoms with E-state index in [1.807, 2.05) is 0 Å². The van der Waals surface area contributed by atoms with Gasteiger partial charge in [0.25, 0.3) is 0 Å². The standard InChI is InChI=1S/C15H13BrClFN2O2/c1-22-14-5-3-11(17)7-13(14)20-15(21)19-8-9-6-10(16)2-4-12(9)18/h2-7H,8H2,1H3,(H2,19,20,21). The number of anilines is 1. The molecule has 2 aromatic rings. The SMILES string of the molecule is COc1ccc(Cl)cc1NC(=O)NCc1cc(Br)ccc1F. The van der Waals surface area contributed by atoms with E-state index in [1.54, 1.807) is 30.3 Å². The number of methoxy groups -OCH3 is 1. The van der Waals surface area contributed by atoms with Gasteiger partial charge in [-0.05, 0) is 36.4 Å². The third-order valence-electron chi connectivity index (χ3n) is 2.86. The summed E-state index contributed by atoms with van der Waals surface area (Å²) in [6.45, 7) is 0.0555. The molecule has 0 aliphatic heterocycles. The number of carbonyl (C=O) groups is 1. The molecule has 0 spiro atoms. The summed E-state index contributed by atoms with van der Waals surface area (Å²) in [4.78, 5) is 11.9. The van der Waals surface area contributed by atoms with Crippen molar-refractivity contribution in [1.82, 2.24) is 5.32 Å². The van der Waals surface area contributed by atoms with Crippen LogP contribution >= 0.6 is 27.5 Å². The molecule has 0 aliphatic carbocycles. The minimum atomic E-state index is -0.486. The zero-order chi connectivity index (χ0) is 16.1. The number of hydrogen-bond donors (Lipinski definition) is 2. The highest BCUT2D eigenvalue weighted by Gasteiger charge is 2.09. The monoisotopic (exact) mass is 386 g/mol. The fraction of sp³-hybridized carbons (Fsp3) is 0.133. The van der Waals surface area contributed by atoms with Gasteiger partial charge in [0.15, 0.2) is 0 Å². The molecule has 2 rings (SSSR count). The van der Waals surface area contributed by atoms with E-state index in [2.05, 4.69) is 26.6 Å². The summed E-state index contributed by atoms with van der Waals surface area (Å²) in [5.41, 5.74) is 0.810. The predicted octanol–water partition coefficient (Wildman–Crippen LogP) is 4.57. The number of nitrogens with one attached hydrogen (secondary N) is 2. The van der Waals surface area contributed by atoms with Gasteiger partial charge in [0.05, 0.1) is 12.8 Å². The lowest BCUT2D eigenvalue weighted by molar-refractivity contribution is 0.251. The smallest absolute Gasteiger partial charge is 0.319 e. The molecular weight excluding hydrogens is 375 g/mol. The van der Waals surface area contributed by atoms with Crippen molar-refractivity contribution in [2.45, 2.75) is 6.54 Å². The summed E-state index contributed by atoms with van der Waals surface area (Å²) in [5.74, 6) is 0.0945. The van der Waals surface area contributed by atoms with E-state index in [0.29, 0.717) is 22.0 Å². The van der Waals surface area contributed by atoms with Crippen LogP contribution < -0.4 is 15.4 Å². The fourth-order valence-corrected chi connectivity index (χ4v) is 2.38. The molecular formula is C15H13BrClFN2O2. The molecule has 0 heterocycles. The van der Waals surface area contributed by atoms with Gasteiger partial charge in [-0.1, -0.05) is 27.5 Å². The minimum Gasteiger partial charge on any atom is -0.495 e. The van der Waals surface area contributed by atoms with Crippen molar-refractivity contribution < 1.29 is 13.9 Å². The Hall–Kier alpha value is -1.79. The van der Waals surface area contributed by atoms with Crippen LogP contribution in [-0.2, 0) is 6.54 Å². The Morgan fingerprint density at radius 2 is 2.09 bits per heavy atom. The maximum atomic E-state index is 13.6. The lowest BCUT2D eigenvalue weighted by Gasteiger charge is -2.12. The van der Waals surface area contributed by atoms with E-state index in [1.165, 1.54) is 13.2 Å². The third kappa shape index (κ3) is 4.35. The Labute approximate surface area is 140 Å². The second-order valence-electron chi connectivity index (χ2n) is 4.39. The molecule has 4 nitrogen and oxygen atoms in total. The largest absolute Gasteiger partial charge is 0.495 e. The Bertz CT molecular complexity index is 697. The van der Waals surface area contributed by atoms with E-state index >= 15 is 0 Å². The molecule has 0 atom stereocenters. The lowest BCUT2D eigenvalue weighted by atomic mass is 10.2. The molecule has 2 aromatic carbocycles. The molecule has 0 aromatic heterocycles. The van der Waals surface area contributed by atoms with Crippen LogP contribution in [0.4, 0.5) is 14.9 Å². The summed E-state index contributed by atoms with van der Waals surface area (Å²) in [6, 6.07) is 8.91. The summed E-state index contributed by atoms with van der Waals surface area (Å²) in [7, 11) is 1.49. The van der Waals surface area contributed by atoms with Crippen LogP contribution in [0, 0.1) is 5.82 Å². The molecule has 2 N–H and O–H groups in total. The third-order valence-corrected chi connectivity index (χ3v) is 3.59. The number of carbonyl (C=O) groups excluding carboxylic acids is 1. The highest BCUT2D eigenvalue weighted by atomic mass is 79.9. The Balaban J connectivity index is 2.01. The molecule has 22 heavy (non-hydrogen) atoms. The molecule has 0 aliphatic rings. The van der Waals surface area contributed by atoms with Crippen molar-refractivity contribution in [2.24, 2.45) is 0 Å². The van der Waals surface area contributed by atoms with Crippen molar-refractivity contribution in [1.29, 1.82) is 0 Å². The van der Waals surface area contributed by atoms with Gasteiger partial charge in [0, 0.05) is 21.6 Å². The maximum absolute atomic E-state index is 13.6. The van der Waals surface area contributed by atoms with Gasteiger partial charge in [0.2, 0.25) is 0 Å². The number of hydrogen-bond acceptors (Lipinski definition) is 2. The van der Waals surface area contributed by atoms with Crippen molar-refractivity contribution in [3.8, 4) is 5.75 Å². The van der Waals surface area contributed by atoms with Crippen molar-refractivity contribution in [3.63, 3.8) is 0 Å². The van der Waals surface area contributed by atoms with Crippen LogP contribution in [-0.4, -0.2) is 13.1 Å². The Kier molecular flexibility index (Phi) is 5.63. The van der Waals surface area contributed by atoms with Gasteiger partial charge in [-0.3, -0.25) is 0 Å². The summed E-state index contributed by atoms with van der Waals surface area (Å²) in [5, 5.41) is 5.66. The topological polar surface area (TPSA) is 50.4 Å². The second kappa shape index (κ2) is 7.47. The van der Waals surface area contributed by atoms with Gasteiger partial charge in [-0.2, -0.15) is 0 Å². The van der Waals surface area contributed by atoms with Crippen molar-refractivity contribution >= 4 is 39.2 Å². The number of urea groups is 1. The quantitative estimate of drug-likeness (QED) is 0.807. The van der Waals surface area contributed by atoms with Crippen LogP contribution in [0.2, 0.25) is 5.02 Å². The molecule has 116 valence electrons. The van der Waals surface area contributed by atoms with Crippen molar-refractivity contribution in [3.05, 3.63) is 57.3 Å². The van der Waals surface area contributed by atoms with E-state index in [4.69, 9.17) is 16.3 Å². The van der Waals surface area contributed by atoms with Crippen LogP contribution in [0.25, 0.3) is 0 Å².